The predicted molar refractivity (Wildman–Crippen MR) is 61.3 cm³/mol. The molecule has 2 N–H and O–H groups in total. The largest absolute Gasteiger partial charge is 0.329 e. The van der Waals surface area contributed by atoms with Gasteiger partial charge in [0.25, 0.3) is 0 Å². The van der Waals surface area contributed by atoms with Crippen molar-refractivity contribution in [3.05, 3.63) is 0 Å². The summed E-state index contributed by atoms with van der Waals surface area (Å²) in [6, 6.07) is 0. The van der Waals surface area contributed by atoms with E-state index in [1.165, 1.54) is 37.3 Å². The summed E-state index contributed by atoms with van der Waals surface area (Å²) in [6.45, 7) is 4.26. The van der Waals surface area contributed by atoms with Gasteiger partial charge in [0.2, 0.25) is 0 Å². The Labute approximate surface area is 86.2 Å². The van der Waals surface area contributed by atoms with E-state index in [2.05, 4.69) is 18.9 Å². The normalized spacial score (nSPS) is 28.6. The average molecular weight is 202 g/mol. The fourth-order valence-corrected chi connectivity index (χ4v) is 3.38. The van der Waals surface area contributed by atoms with Crippen LogP contribution in [0.25, 0.3) is 0 Å². The smallest absolute Gasteiger partial charge is 0.0426 e. The van der Waals surface area contributed by atoms with E-state index in [1.54, 1.807) is 0 Å². The van der Waals surface area contributed by atoms with Gasteiger partial charge in [-0.2, -0.15) is 11.8 Å². The first kappa shape index (κ1) is 11.3. The van der Waals surface area contributed by atoms with Gasteiger partial charge in [-0.05, 0) is 32.2 Å². The minimum atomic E-state index is 0.319. The Hall–Kier alpha value is 0.270. The van der Waals surface area contributed by atoms with Crippen LogP contribution in [0, 0.1) is 0 Å². The van der Waals surface area contributed by atoms with Crippen molar-refractivity contribution in [2.24, 2.45) is 5.73 Å². The minimum Gasteiger partial charge on any atom is -0.329 e. The fraction of sp³-hybridized carbons (Fsp3) is 1.00. The number of likely N-dealkylation sites (N-methyl/N-ethyl adjacent to an activating group) is 1. The van der Waals surface area contributed by atoms with Crippen LogP contribution >= 0.6 is 11.8 Å². The minimum absolute atomic E-state index is 0.319. The highest BCUT2D eigenvalue weighted by Gasteiger charge is 2.36. The molecule has 1 rings (SSSR count). The molecule has 3 heteroatoms. The number of unbranched alkanes of at least 4 members (excludes halogenated alkanes) is 1. The van der Waals surface area contributed by atoms with Crippen LogP contribution in [0.4, 0.5) is 0 Å². The molecule has 78 valence electrons. The molecular weight excluding hydrogens is 180 g/mol. The van der Waals surface area contributed by atoms with E-state index in [0.29, 0.717) is 5.54 Å². The van der Waals surface area contributed by atoms with Gasteiger partial charge in [-0.25, -0.2) is 0 Å². The van der Waals surface area contributed by atoms with Gasteiger partial charge >= 0.3 is 0 Å². The van der Waals surface area contributed by atoms with E-state index < -0.39 is 0 Å². The highest BCUT2D eigenvalue weighted by atomic mass is 32.2. The van der Waals surface area contributed by atoms with Gasteiger partial charge in [0, 0.05) is 17.8 Å². The Bertz CT molecular complexity index is 144. The molecule has 1 aliphatic heterocycles. The third-order valence-corrected chi connectivity index (χ3v) is 4.35. The number of nitrogens with two attached hydrogens (primary N) is 1. The second-order valence-corrected chi connectivity index (χ2v) is 5.11. The first-order valence-electron chi connectivity index (χ1n) is 5.24. The lowest BCUT2D eigenvalue weighted by Crippen LogP contribution is -2.52. The maximum absolute atomic E-state index is 5.89. The number of rotatable bonds is 5. The molecule has 0 radical (unpaired) electrons. The van der Waals surface area contributed by atoms with Crippen molar-refractivity contribution < 1.29 is 0 Å². The van der Waals surface area contributed by atoms with Crippen molar-refractivity contribution in [3.63, 3.8) is 0 Å². The Morgan fingerprint density at radius 3 is 2.77 bits per heavy atom. The number of hydrogen-bond acceptors (Lipinski definition) is 3. The lowest BCUT2D eigenvalue weighted by Gasteiger charge is -2.37. The summed E-state index contributed by atoms with van der Waals surface area (Å²) in [5, 5.41) is 0. The van der Waals surface area contributed by atoms with Gasteiger partial charge in [0.05, 0.1) is 0 Å². The van der Waals surface area contributed by atoms with Gasteiger partial charge in [0.15, 0.2) is 0 Å². The number of nitrogens with zero attached hydrogens (tertiary/aromatic N) is 1. The monoisotopic (exact) mass is 202 g/mol. The highest BCUT2D eigenvalue weighted by Crippen LogP contribution is 2.31. The second kappa shape index (κ2) is 5.23. The molecule has 1 atom stereocenters. The van der Waals surface area contributed by atoms with E-state index in [0.717, 1.165) is 6.54 Å². The molecule has 0 aliphatic carbocycles. The lowest BCUT2D eigenvalue weighted by atomic mass is 9.97. The predicted octanol–water partition coefficient (Wildman–Crippen LogP) is 1.55. The maximum atomic E-state index is 5.89. The summed E-state index contributed by atoms with van der Waals surface area (Å²) in [5.41, 5.74) is 6.21. The standard InChI is InChI=1S/C10H22N2S/c1-3-4-6-12(2)10(8-11)5-7-13-9-10/h3-9,11H2,1-2H3. The van der Waals surface area contributed by atoms with Crippen molar-refractivity contribution in [2.45, 2.75) is 31.7 Å². The van der Waals surface area contributed by atoms with Crippen LogP contribution in [0.1, 0.15) is 26.2 Å². The van der Waals surface area contributed by atoms with Gasteiger partial charge in [0.1, 0.15) is 0 Å². The van der Waals surface area contributed by atoms with E-state index in [4.69, 9.17) is 5.73 Å². The Kier molecular flexibility index (Phi) is 4.56. The molecule has 0 saturated carbocycles. The first-order valence-corrected chi connectivity index (χ1v) is 6.40. The van der Waals surface area contributed by atoms with Crippen LogP contribution in [-0.4, -0.2) is 42.1 Å². The fourth-order valence-electron chi connectivity index (χ4n) is 1.85. The Morgan fingerprint density at radius 1 is 1.54 bits per heavy atom. The average Bonchev–Trinajstić information content (AvgIpc) is 2.63. The molecule has 1 unspecified atom stereocenters. The quantitative estimate of drug-likeness (QED) is 0.733. The van der Waals surface area contributed by atoms with Crippen molar-refractivity contribution in [2.75, 3.05) is 31.6 Å². The van der Waals surface area contributed by atoms with E-state index in [9.17, 15) is 0 Å². The van der Waals surface area contributed by atoms with Crippen LogP contribution in [0.5, 0.6) is 0 Å². The van der Waals surface area contributed by atoms with E-state index in [1.807, 2.05) is 11.8 Å². The first-order chi connectivity index (χ1) is 6.25. The van der Waals surface area contributed by atoms with Crippen molar-refractivity contribution >= 4 is 11.8 Å². The highest BCUT2D eigenvalue weighted by molar-refractivity contribution is 7.99. The molecule has 1 heterocycles. The Morgan fingerprint density at radius 2 is 2.31 bits per heavy atom. The third kappa shape index (κ3) is 2.61. The molecular formula is C10H22N2S. The molecule has 1 saturated heterocycles. The van der Waals surface area contributed by atoms with Gasteiger partial charge < -0.3 is 5.73 Å². The number of thioether (sulfide) groups is 1. The van der Waals surface area contributed by atoms with Crippen LogP contribution in [0.15, 0.2) is 0 Å². The zero-order valence-electron chi connectivity index (χ0n) is 8.88. The third-order valence-electron chi connectivity index (χ3n) is 3.12. The van der Waals surface area contributed by atoms with Gasteiger partial charge in [-0.1, -0.05) is 13.3 Å². The molecule has 0 spiro atoms. The van der Waals surface area contributed by atoms with Crippen LogP contribution < -0.4 is 5.73 Å². The SMILES string of the molecule is CCCCN(C)C1(CN)CCSC1. The summed E-state index contributed by atoms with van der Waals surface area (Å²) in [5.74, 6) is 2.51. The molecule has 1 aliphatic rings. The summed E-state index contributed by atoms with van der Waals surface area (Å²) in [4.78, 5) is 2.48. The van der Waals surface area contributed by atoms with E-state index >= 15 is 0 Å². The van der Waals surface area contributed by atoms with Crippen LogP contribution in [0.3, 0.4) is 0 Å². The van der Waals surface area contributed by atoms with Crippen molar-refractivity contribution in [1.29, 1.82) is 0 Å². The van der Waals surface area contributed by atoms with Crippen LogP contribution in [0.2, 0.25) is 0 Å². The molecule has 0 aromatic heterocycles. The zero-order chi connectivity index (χ0) is 9.73. The van der Waals surface area contributed by atoms with Gasteiger partial charge in [-0.3, -0.25) is 4.90 Å². The maximum Gasteiger partial charge on any atom is 0.0426 e. The summed E-state index contributed by atoms with van der Waals surface area (Å²) >= 11 is 2.05. The molecule has 0 amide bonds. The topological polar surface area (TPSA) is 29.3 Å². The van der Waals surface area contributed by atoms with E-state index in [-0.39, 0.29) is 0 Å². The lowest BCUT2D eigenvalue weighted by molar-refractivity contribution is 0.149. The molecule has 13 heavy (non-hydrogen) atoms. The molecule has 0 aromatic rings. The molecule has 0 aromatic carbocycles. The van der Waals surface area contributed by atoms with Crippen molar-refractivity contribution in [3.8, 4) is 0 Å². The Balaban J connectivity index is 2.44. The second-order valence-electron chi connectivity index (χ2n) is 4.01. The number of hydrogen-bond donors (Lipinski definition) is 1. The van der Waals surface area contributed by atoms with Crippen LogP contribution in [-0.2, 0) is 0 Å². The molecule has 2 nitrogen and oxygen atoms in total. The molecule has 0 bridgehead atoms. The summed E-state index contributed by atoms with van der Waals surface area (Å²) in [6.07, 6.45) is 3.84. The molecule has 1 fully saturated rings. The van der Waals surface area contributed by atoms with Crippen molar-refractivity contribution in [1.82, 2.24) is 4.90 Å². The summed E-state index contributed by atoms with van der Waals surface area (Å²) < 4.78 is 0. The van der Waals surface area contributed by atoms with Gasteiger partial charge in [-0.15, -0.1) is 0 Å². The zero-order valence-corrected chi connectivity index (χ0v) is 9.70. The summed E-state index contributed by atoms with van der Waals surface area (Å²) in [7, 11) is 2.23.